The van der Waals surface area contributed by atoms with Crippen molar-refractivity contribution in [3.05, 3.63) is 0 Å². The molecule has 1 atom stereocenters. The van der Waals surface area contributed by atoms with E-state index in [-0.39, 0.29) is 11.9 Å². The van der Waals surface area contributed by atoms with Crippen LogP contribution in [-0.2, 0) is 4.79 Å². The highest BCUT2D eigenvalue weighted by molar-refractivity contribution is 5.81. The molecule has 15 heavy (non-hydrogen) atoms. The van der Waals surface area contributed by atoms with Gasteiger partial charge >= 0.3 is 0 Å². The maximum Gasteiger partial charge on any atom is 0.237 e. The number of hydrogen-bond donors (Lipinski definition) is 2. The van der Waals surface area contributed by atoms with E-state index in [0.717, 1.165) is 24.7 Å². The van der Waals surface area contributed by atoms with Crippen molar-refractivity contribution in [1.29, 1.82) is 0 Å². The van der Waals surface area contributed by atoms with Gasteiger partial charge < -0.3 is 11.1 Å². The molecule has 2 rings (SSSR count). The van der Waals surface area contributed by atoms with Crippen molar-refractivity contribution in [2.24, 2.45) is 17.6 Å². The summed E-state index contributed by atoms with van der Waals surface area (Å²) in [5, 5.41) is 3.16. The van der Waals surface area contributed by atoms with E-state index in [1.54, 1.807) is 0 Å². The second kappa shape index (κ2) is 4.52. The van der Waals surface area contributed by atoms with Crippen molar-refractivity contribution >= 4 is 5.91 Å². The Morgan fingerprint density at radius 2 is 1.87 bits per heavy atom. The normalized spacial score (nSPS) is 22.9. The summed E-state index contributed by atoms with van der Waals surface area (Å²) >= 11 is 0. The van der Waals surface area contributed by atoms with E-state index in [1.165, 1.54) is 25.7 Å². The van der Waals surface area contributed by atoms with Crippen LogP contribution in [0.4, 0.5) is 0 Å². The molecule has 0 saturated heterocycles. The maximum absolute atomic E-state index is 11.8. The van der Waals surface area contributed by atoms with Gasteiger partial charge in [-0.25, -0.2) is 0 Å². The van der Waals surface area contributed by atoms with Crippen LogP contribution in [0.25, 0.3) is 0 Å². The zero-order valence-electron chi connectivity index (χ0n) is 9.54. The summed E-state index contributed by atoms with van der Waals surface area (Å²) in [7, 11) is 0. The molecule has 2 fully saturated rings. The van der Waals surface area contributed by atoms with Gasteiger partial charge in [0.1, 0.15) is 0 Å². The van der Waals surface area contributed by atoms with E-state index in [2.05, 4.69) is 12.2 Å². The van der Waals surface area contributed by atoms with Gasteiger partial charge in [-0.2, -0.15) is 0 Å². The van der Waals surface area contributed by atoms with Gasteiger partial charge in [0.25, 0.3) is 0 Å². The molecule has 0 spiro atoms. The summed E-state index contributed by atoms with van der Waals surface area (Å²) in [6, 6.07) is 0.149. The molecular weight excluding hydrogens is 188 g/mol. The lowest BCUT2D eigenvalue weighted by molar-refractivity contribution is -0.123. The van der Waals surface area contributed by atoms with Crippen LogP contribution in [0.3, 0.4) is 0 Å². The summed E-state index contributed by atoms with van der Waals surface area (Å²) in [6.45, 7) is 2.06. The fourth-order valence-corrected chi connectivity index (χ4v) is 2.24. The molecule has 3 heteroatoms. The lowest BCUT2D eigenvalue weighted by Gasteiger charge is -2.20. The van der Waals surface area contributed by atoms with Gasteiger partial charge in [0.2, 0.25) is 5.91 Å². The zero-order valence-corrected chi connectivity index (χ0v) is 9.54. The predicted molar refractivity (Wildman–Crippen MR) is 60.3 cm³/mol. The van der Waals surface area contributed by atoms with E-state index in [9.17, 15) is 4.79 Å². The molecule has 3 N–H and O–H groups in total. The van der Waals surface area contributed by atoms with Gasteiger partial charge in [0.05, 0.1) is 6.04 Å². The van der Waals surface area contributed by atoms with Crippen LogP contribution in [0.15, 0.2) is 0 Å². The van der Waals surface area contributed by atoms with Crippen molar-refractivity contribution in [2.75, 3.05) is 0 Å². The molecule has 0 aromatic carbocycles. The second-order valence-corrected chi connectivity index (χ2v) is 5.10. The van der Waals surface area contributed by atoms with Crippen molar-refractivity contribution in [2.45, 2.75) is 57.5 Å². The van der Waals surface area contributed by atoms with Gasteiger partial charge in [-0.05, 0) is 43.9 Å². The fourth-order valence-electron chi connectivity index (χ4n) is 2.24. The third-order valence-electron chi connectivity index (χ3n) is 3.51. The highest BCUT2D eigenvalue weighted by Gasteiger charge is 2.42. The summed E-state index contributed by atoms with van der Waals surface area (Å²) in [5.74, 6) is 1.59. The van der Waals surface area contributed by atoms with Crippen molar-refractivity contribution in [1.82, 2.24) is 5.32 Å². The number of hydrogen-bond acceptors (Lipinski definition) is 2. The average Bonchev–Trinajstić information content (AvgIpc) is 3.03. The van der Waals surface area contributed by atoms with Gasteiger partial charge in [-0.15, -0.1) is 0 Å². The Morgan fingerprint density at radius 1 is 1.33 bits per heavy atom. The van der Waals surface area contributed by atoms with Gasteiger partial charge in [-0.3, -0.25) is 4.79 Å². The Hall–Kier alpha value is -0.570. The SMILES string of the molecule is CCC[C@H](N)C(=O)NC(C1CC1)C1CC1. The standard InChI is InChI=1S/C12H22N2O/c1-2-3-10(13)12(15)14-11(8-4-5-8)9-6-7-9/h8-11H,2-7,13H2,1H3,(H,14,15)/t10-/m0/s1. The first kappa shape index (κ1) is 10.9. The van der Waals surface area contributed by atoms with Crippen LogP contribution in [0, 0.1) is 11.8 Å². The van der Waals surface area contributed by atoms with Gasteiger partial charge in [0.15, 0.2) is 0 Å². The van der Waals surface area contributed by atoms with E-state index < -0.39 is 0 Å². The Morgan fingerprint density at radius 3 is 2.27 bits per heavy atom. The number of amides is 1. The van der Waals surface area contributed by atoms with Crippen LogP contribution in [-0.4, -0.2) is 18.0 Å². The minimum atomic E-state index is -0.296. The topological polar surface area (TPSA) is 55.1 Å². The first-order valence-corrected chi connectivity index (χ1v) is 6.28. The summed E-state index contributed by atoms with van der Waals surface area (Å²) in [6.07, 6.45) is 6.96. The third-order valence-corrected chi connectivity index (χ3v) is 3.51. The van der Waals surface area contributed by atoms with Crippen LogP contribution < -0.4 is 11.1 Å². The van der Waals surface area contributed by atoms with Crippen molar-refractivity contribution < 1.29 is 4.79 Å². The number of rotatable bonds is 6. The predicted octanol–water partition coefficient (Wildman–Crippen LogP) is 1.42. The molecule has 0 radical (unpaired) electrons. The van der Waals surface area contributed by atoms with Crippen LogP contribution >= 0.6 is 0 Å². The highest BCUT2D eigenvalue weighted by Crippen LogP contribution is 2.44. The largest absolute Gasteiger partial charge is 0.351 e. The lowest BCUT2D eigenvalue weighted by atomic mass is 10.1. The first-order chi connectivity index (χ1) is 7.22. The van der Waals surface area contributed by atoms with E-state index >= 15 is 0 Å². The smallest absolute Gasteiger partial charge is 0.237 e. The monoisotopic (exact) mass is 210 g/mol. The van der Waals surface area contributed by atoms with Crippen LogP contribution in [0.1, 0.15) is 45.4 Å². The molecule has 0 bridgehead atoms. The van der Waals surface area contributed by atoms with E-state index in [1.807, 2.05) is 0 Å². The average molecular weight is 210 g/mol. The number of carbonyl (C=O) groups excluding carboxylic acids is 1. The van der Waals surface area contributed by atoms with Crippen molar-refractivity contribution in [3.63, 3.8) is 0 Å². The molecule has 0 aromatic heterocycles. The highest BCUT2D eigenvalue weighted by atomic mass is 16.2. The summed E-state index contributed by atoms with van der Waals surface area (Å²) in [4.78, 5) is 11.8. The molecular formula is C12H22N2O. The van der Waals surface area contributed by atoms with E-state index in [4.69, 9.17) is 5.73 Å². The number of carbonyl (C=O) groups is 1. The Labute approximate surface area is 91.8 Å². The molecule has 0 aromatic rings. The Balaban J connectivity index is 1.80. The molecule has 2 aliphatic carbocycles. The third kappa shape index (κ3) is 2.94. The minimum Gasteiger partial charge on any atom is -0.351 e. The molecule has 0 aliphatic heterocycles. The second-order valence-electron chi connectivity index (χ2n) is 5.10. The van der Waals surface area contributed by atoms with Crippen molar-refractivity contribution in [3.8, 4) is 0 Å². The van der Waals surface area contributed by atoms with Gasteiger partial charge in [0, 0.05) is 6.04 Å². The quantitative estimate of drug-likeness (QED) is 0.696. The maximum atomic E-state index is 11.8. The summed E-state index contributed by atoms with van der Waals surface area (Å²) < 4.78 is 0. The van der Waals surface area contributed by atoms with Crippen LogP contribution in [0.2, 0.25) is 0 Å². The fraction of sp³-hybridized carbons (Fsp3) is 0.917. The molecule has 2 aliphatic rings. The molecule has 2 saturated carbocycles. The van der Waals surface area contributed by atoms with Gasteiger partial charge in [-0.1, -0.05) is 13.3 Å². The number of nitrogens with two attached hydrogens (primary N) is 1. The van der Waals surface area contributed by atoms with E-state index in [0.29, 0.717) is 6.04 Å². The molecule has 86 valence electrons. The Kier molecular flexibility index (Phi) is 3.29. The molecule has 1 amide bonds. The lowest BCUT2D eigenvalue weighted by Crippen LogP contribution is -2.47. The summed E-state index contributed by atoms with van der Waals surface area (Å²) in [5.41, 5.74) is 5.81. The zero-order chi connectivity index (χ0) is 10.8. The molecule has 0 heterocycles. The Bertz CT molecular complexity index is 222. The molecule has 0 unspecified atom stereocenters. The first-order valence-electron chi connectivity index (χ1n) is 6.28. The number of nitrogens with one attached hydrogen (secondary N) is 1. The van der Waals surface area contributed by atoms with Crippen LogP contribution in [0.5, 0.6) is 0 Å². The molecule has 3 nitrogen and oxygen atoms in total. The minimum absolute atomic E-state index is 0.0700.